The number of hydrogen-bond acceptors (Lipinski definition) is 4. The number of carbonyl (C=O) groups is 2. The number of methoxy groups -OCH3 is 1. The molecule has 21 heavy (non-hydrogen) atoms. The van der Waals surface area contributed by atoms with Crippen LogP contribution in [0.1, 0.15) is 0 Å². The van der Waals surface area contributed by atoms with Gasteiger partial charge in [0.05, 0.1) is 32.1 Å². The fraction of sp³-hybridized carbons (Fsp3) is 0.385. The van der Waals surface area contributed by atoms with Crippen molar-refractivity contribution in [2.75, 3.05) is 25.6 Å². The minimum atomic E-state index is -0.988. The number of halogens is 1. The lowest BCUT2D eigenvalue weighted by atomic mass is 10.0. The van der Waals surface area contributed by atoms with Gasteiger partial charge in [0.2, 0.25) is 0 Å². The van der Waals surface area contributed by atoms with E-state index in [0.717, 1.165) is 4.47 Å². The second-order valence-electron chi connectivity index (χ2n) is 4.53. The molecule has 0 aromatic heterocycles. The Kier molecular flexibility index (Phi) is 5.03. The minimum Gasteiger partial charge on any atom is -0.495 e. The second-order valence-corrected chi connectivity index (χ2v) is 5.45. The van der Waals surface area contributed by atoms with E-state index in [1.54, 1.807) is 18.2 Å². The molecule has 114 valence electrons. The molecule has 1 fully saturated rings. The molecule has 2 amide bonds. The summed E-state index contributed by atoms with van der Waals surface area (Å²) in [6, 6.07) is 4.12. The first kappa shape index (κ1) is 15.6. The van der Waals surface area contributed by atoms with Crippen molar-refractivity contribution in [1.82, 2.24) is 5.32 Å². The van der Waals surface area contributed by atoms with Crippen LogP contribution in [0.25, 0.3) is 0 Å². The van der Waals surface area contributed by atoms with Crippen LogP contribution in [-0.2, 0) is 9.53 Å². The number of carbonyl (C=O) groups excluding carboxylic acids is 1. The predicted octanol–water partition coefficient (Wildman–Crippen LogP) is 1.68. The number of carboxylic acid groups (broad SMARTS) is 1. The van der Waals surface area contributed by atoms with Crippen LogP contribution in [0, 0.1) is 5.92 Å². The molecule has 0 aliphatic carbocycles. The van der Waals surface area contributed by atoms with E-state index in [0.29, 0.717) is 11.4 Å². The van der Waals surface area contributed by atoms with Gasteiger partial charge < -0.3 is 25.2 Å². The molecule has 1 heterocycles. The van der Waals surface area contributed by atoms with Crippen LogP contribution in [0.3, 0.4) is 0 Å². The number of benzene rings is 1. The molecule has 0 saturated carbocycles. The number of nitrogens with one attached hydrogen (secondary N) is 2. The standard InChI is InChI=1S/C13H15BrN2O5/c1-20-11-3-2-7(14)4-9(11)15-13(19)16-10-6-21-5-8(10)12(17)18/h2-4,8,10H,5-6H2,1H3,(H,17,18)(H2,15,16,19). The van der Waals surface area contributed by atoms with Crippen LogP contribution in [-0.4, -0.2) is 43.5 Å². The summed E-state index contributed by atoms with van der Waals surface area (Å²) >= 11 is 3.31. The Bertz CT molecular complexity index is 551. The lowest BCUT2D eigenvalue weighted by Gasteiger charge is -2.17. The zero-order valence-electron chi connectivity index (χ0n) is 11.3. The van der Waals surface area contributed by atoms with Crippen molar-refractivity contribution < 1.29 is 24.2 Å². The summed E-state index contributed by atoms with van der Waals surface area (Å²) in [5.74, 6) is -1.22. The molecule has 2 rings (SSSR count). The first-order chi connectivity index (χ1) is 10.0. The average Bonchev–Trinajstić information content (AvgIpc) is 2.87. The normalized spacial score (nSPS) is 20.9. The van der Waals surface area contributed by atoms with Gasteiger partial charge in [-0.1, -0.05) is 15.9 Å². The Morgan fingerprint density at radius 3 is 2.86 bits per heavy atom. The molecule has 1 saturated heterocycles. The van der Waals surface area contributed by atoms with Gasteiger partial charge in [-0.25, -0.2) is 4.79 Å². The van der Waals surface area contributed by atoms with Gasteiger partial charge >= 0.3 is 12.0 Å². The Morgan fingerprint density at radius 2 is 2.19 bits per heavy atom. The molecule has 1 aliphatic rings. The van der Waals surface area contributed by atoms with Crippen molar-refractivity contribution in [3.63, 3.8) is 0 Å². The predicted molar refractivity (Wildman–Crippen MR) is 78.6 cm³/mol. The Labute approximate surface area is 129 Å². The molecule has 8 heteroatoms. The van der Waals surface area contributed by atoms with Gasteiger partial charge in [0.1, 0.15) is 11.7 Å². The molecule has 0 bridgehead atoms. The molecule has 7 nitrogen and oxygen atoms in total. The number of rotatable bonds is 4. The summed E-state index contributed by atoms with van der Waals surface area (Å²) in [6.45, 7) is 0.278. The third-order valence-electron chi connectivity index (χ3n) is 3.12. The van der Waals surface area contributed by atoms with Crippen LogP contribution in [0.2, 0.25) is 0 Å². The van der Waals surface area contributed by atoms with Crippen LogP contribution in [0.15, 0.2) is 22.7 Å². The van der Waals surface area contributed by atoms with Crippen molar-refractivity contribution in [3.05, 3.63) is 22.7 Å². The van der Waals surface area contributed by atoms with E-state index in [1.165, 1.54) is 7.11 Å². The zero-order chi connectivity index (χ0) is 15.4. The van der Waals surface area contributed by atoms with E-state index >= 15 is 0 Å². The monoisotopic (exact) mass is 358 g/mol. The molecular weight excluding hydrogens is 344 g/mol. The highest BCUT2D eigenvalue weighted by Crippen LogP contribution is 2.27. The fourth-order valence-corrected chi connectivity index (χ4v) is 2.41. The largest absolute Gasteiger partial charge is 0.495 e. The molecule has 1 aromatic carbocycles. The molecule has 1 aliphatic heterocycles. The highest BCUT2D eigenvalue weighted by molar-refractivity contribution is 9.10. The van der Waals surface area contributed by atoms with E-state index in [2.05, 4.69) is 26.6 Å². The molecule has 1 aromatic rings. The number of urea groups is 1. The Morgan fingerprint density at radius 1 is 1.43 bits per heavy atom. The third-order valence-corrected chi connectivity index (χ3v) is 3.62. The van der Waals surface area contributed by atoms with E-state index in [1.807, 2.05) is 0 Å². The highest BCUT2D eigenvalue weighted by atomic mass is 79.9. The summed E-state index contributed by atoms with van der Waals surface area (Å²) in [5, 5.41) is 14.3. The Balaban J connectivity index is 2.02. The first-order valence-corrected chi connectivity index (χ1v) is 7.02. The molecule has 2 atom stereocenters. The summed E-state index contributed by atoms with van der Waals surface area (Å²) in [5.41, 5.74) is 0.482. The highest BCUT2D eigenvalue weighted by Gasteiger charge is 2.35. The molecule has 3 N–H and O–H groups in total. The van der Waals surface area contributed by atoms with Crippen LogP contribution in [0.5, 0.6) is 5.75 Å². The van der Waals surface area contributed by atoms with E-state index in [4.69, 9.17) is 14.6 Å². The molecule has 2 unspecified atom stereocenters. The maximum atomic E-state index is 12.0. The number of hydrogen-bond donors (Lipinski definition) is 3. The van der Waals surface area contributed by atoms with Crippen LogP contribution in [0.4, 0.5) is 10.5 Å². The second kappa shape index (κ2) is 6.77. The lowest BCUT2D eigenvalue weighted by molar-refractivity contribution is -0.142. The quantitative estimate of drug-likeness (QED) is 0.760. The lowest BCUT2D eigenvalue weighted by Crippen LogP contribution is -2.44. The zero-order valence-corrected chi connectivity index (χ0v) is 12.8. The van der Waals surface area contributed by atoms with Crippen LogP contribution >= 0.6 is 15.9 Å². The van der Waals surface area contributed by atoms with Crippen molar-refractivity contribution in [1.29, 1.82) is 0 Å². The van der Waals surface area contributed by atoms with Gasteiger partial charge in [0.25, 0.3) is 0 Å². The van der Waals surface area contributed by atoms with Gasteiger partial charge in [-0.15, -0.1) is 0 Å². The SMILES string of the molecule is COc1ccc(Br)cc1NC(=O)NC1COCC1C(=O)O. The maximum Gasteiger partial charge on any atom is 0.319 e. The number of anilines is 1. The molecule has 0 radical (unpaired) electrons. The van der Waals surface area contributed by atoms with Crippen molar-refractivity contribution in [2.24, 2.45) is 5.92 Å². The number of amides is 2. The summed E-state index contributed by atoms with van der Waals surface area (Å²) in [4.78, 5) is 23.0. The summed E-state index contributed by atoms with van der Waals surface area (Å²) in [6.07, 6.45) is 0. The number of ether oxygens (including phenoxy) is 2. The average molecular weight is 359 g/mol. The van der Waals surface area contributed by atoms with Gasteiger partial charge in [-0.05, 0) is 18.2 Å². The number of carboxylic acids is 1. The van der Waals surface area contributed by atoms with E-state index in [9.17, 15) is 9.59 Å². The topological polar surface area (TPSA) is 96.9 Å². The third kappa shape index (κ3) is 3.85. The summed E-state index contributed by atoms with van der Waals surface area (Å²) in [7, 11) is 1.50. The first-order valence-electron chi connectivity index (χ1n) is 6.23. The van der Waals surface area contributed by atoms with Gasteiger partial charge in [0.15, 0.2) is 0 Å². The van der Waals surface area contributed by atoms with Crippen molar-refractivity contribution in [3.8, 4) is 5.75 Å². The molecule has 0 spiro atoms. The Hall–Kier alpha value is -1.80. The smallest absolute Gasteiger partial charge is 0.319 e. The van der Waals surface area contributed by atoms with Gasteiger partial charge in [0, 0.05) is 4.47 Å². The van der Waals surface area contributed by atoms with Crippen molar-refractivity contribution >= 4 is 33.6 Å². The fourth-order valence-electron chi connectivity index (χ4n) is 2.04. The summed E-state index contributed by atoms with van der Waals surface area (Å²) < 4.78 is 11.0. The van der Waals surface area contributed by atoms with Gasteiger partial charge in [-0.2, -0.15) is 0 Å². The van der Waals surface area contributed by atoms with E-state index in [-0.39, 0.29) is 13.2 Å². The number of aliphatic carboxylic acids is 1. The van der Waals surface area contributed by atoms with Crippen LogP contribution < -0.4 is 15.4 Å². The maximum absolute atomic E-state index is 12.0. The van der Waals surface area contributed by atoms with E-state index < -0.39 is 24.0 Å². The van der Waals surface area contributed by atoms with Crippen molar-refractivity contribution in [2.45, 2.75) is 6.04 Å². The minimum absolute atomic E-state index is 0.0977. The molecular formula is C13H15BrN2O5. The van der Waals surface area contributed by atoms with Gasteiger partial charge in [-0.3, -0.25) is 4.79 Å².